The fourth-order valence-electron chi connectivity index (χ4n) is 1.33. The highest BCUT2D eigenvalue weighted by atomic mass is 127. The van der Waals surface area contributed by atoms with E-state index in [9.17, 15) is 4.79 Å². The van der Waals surface area contributed by atoms with Gasteiger partial charge in [0.05, 0.1) is 12.5 Å². The van der Waals surface area contributed by atoms with E-state index in [1.54, 1.807) is 36.8 Å². The average Bonchev–Trinajstić information content (AvgIpc) is 2.80. The Morgan fingerprint density at radius 2 is 2.24 bits per heavy atom. The number of benzene rings is 1. The molecule has 0 saturated heterocycles. The number of furan rings is 1. The minimum absolute atomic E-state index is 0.167. The summed E-state index contributed by atoms with van der Waals surface area (Å²) in [7, 11) is 0. The summed E-state index contributed by atoms with van der Waals surface area (Å²) in [6, 6.07) is 6.81. The predicted molar refractivity (Wildman–Crippen MR) is 69.2 cm³/mol. The molecule has 5 heteroatoms. The van der Waals surface area contributed by atoms with Gasteiger partial charge in [0.15, 0.2) is 0 Å². The molecule has 0 aliphatic carbocycles. The number of hydrogen-bond acceptors (Lipinski definition) is 3. The second kappa shape index (κ2) is 5.22. The monoisotopic (exact) mass is 344 g/mol. The van der Waals surface area contributed by atoms with E-state index in [2.05, 4.69) is 22.6 Å². The highest BCUT2D eigenvalue weighted by Crippen LogP contribution is 2.22. The van der Waals surface area contributed by atoms with Crippen molar-refractivity contribution in [2.45, 2.75) is 6.61 Å². The minimum atomic E-state index is -0.995. The van der Waals surface area contributed by atoms with Crippen LogP contribution in [0.3, 0.4) is 0 Å². The number of ether oxygens (including phenoxy) is 1. The van der Waals surface area contributed by atoms with E-state index in [1.165, 1.54) is 0 Å². The Morgan fingerprint density at radius 1 is 1.41 bits per heavy atom. The van der Waals surface area contributed by atoms with Crippen LogP contribution >= 0.6 is 22.6 Å². The lowest BCUT2D eigenvalue weighted by molar-refractivity contribution is 0.0691. The van der Waals surface area contributed by atoms with Gasteiger partial charge >= 0.3 is 5.97 Å². The number of aromatic carboxylic acids is 1. The zero-order valence-electron chi connectivity index (χ0n) is 8.72. The SMILES string of the molecule is O=C(O)c1cc(I)ccc1OCc1ccoc1. The summed E-state index contributed by atoms with van der Waals surface area (Å²) in [5, 5.41) is 9.05. The van der Waals surface area contributed by atoms with Crippen molar-refractivity contribution >= 4 is 28.6 Å². The molecule has 17 heavy (non-hydrogen) atoms. The van der Waals surface area contributed by atoms with Crippen molar-refractivity contribution in [3.05, 3.63) is 51.5 Å². The molecule has 0 saturated carbocycles. The molecule has 0 spiro atoms. The molecule has 2 aromatic rings. The molecule has 1 heterocycles. The molecular formula is C12H9IO4. The maximum Gasteiger partial charge on any atom is 0.339 e. The van der Waals surface area contributed by atoms with Crippen LogP contribution in [0.4, 0.5) is 0 Å². The first-order chi connectivity index (χ1) is 8.16. The molecule has 0 amide bonds. The first kappa shape index (κ1) is 12.0. The Bertz CT molecular complexity index is 519. The average molecular weight is 344 g/mol. The van der Waals surface area contributed by atoms with E-state index in [0.717, 1.165) is 9.13 Å². The minimum Gasteiger partial charge on any atom is -0.488 e. The molecule has 0 unspecified atom stereocenters. The number of carboxylic acids is 1. The molecule has 2 rings (SSSR count). The Morgan fingerprint density at radius 3 is 2.88 bits per heavy atom. The number of carboxylic acid groups (broad SMARTS) is 1. The zero-order valence-corrected chi connectivity index (χ0v) is 10.9. The van der Waals surface area contributed by atoms with Crippen molar-refractivity contribution in [1.82, 2.24) is 0 Å². The zero-order chi connectivity index (χ0) is 12.3. The summed E-state index contributed by atoms with van der Waals surface area (Å²) >= 11 is 2.06. The van der Waals surface area contributed by atoms with Crippen LogP contribution in [0.25, 0.3) is 0 Å². The van der Waals surface area contributed by atoms with Gasteiger partial charge < -0.3 is 14.3 Å². The quantitative estimate of drug-likeness (QED) is 0.866. The van der Waals surface area contributed by atoms with Crippen molar-refractivity contribution in [3.63, 3.8) is 0 Å². The molecule has 88 valence electrons. The predicted octanol–water partition coefficient (Wildman–Crippen LogP) is 3.16. The van der Waals surface area contributed by atoms with Crippen LogP contribution in [-0.4, -0.2) is 11.1 Å². The Kier molecular flexibility index (Phi) is 3.68. The fourth-order valence-corrected chi connectivity index (χ4v) is 1.82. The maximum absolute atomic E-state index is 11.0. The molecular weight excluding hydrogens is 335 g/mol. The summed E-state index contributed by atoms with van der Waals surface area (Å²) in [5.41, 5.74) is 1.03. The lowest BCUT2D eigenvalue weighted by Crippen LogP contribution is -2.03. The maximum atomic E-state index is 11.0. The third kappa shape index (κ3) is 3.00. The molecule has 0 aliphatic rings. The second-order valence-electron chi connectivity index (χ2n) is 3.37. The van der Waals surface area contributed by atoms with Crippen molar-refractivity contribution in [3.8, 4) is 5.75 Å². The summed E-state index contributed by atoms with van der Waals surface area (Å²) < 4.78 is 11.2. The van der Waals surface area contributed by atoms with Crippen molar-refractivity contribution in [2.75, 3.05) is 0 Å². The largest absolute Gasteiger partial charge is 0.488 e. The molecule has 0 radical (unpaired) electrons. The van der Waals surface area contributed by atoms with Crippen LogP contribution in [0.2, 0.25) is 0 Å². The standard InChI is InChI=1S/C12H9IO4/c13-9-1-2-11(10(5-9)12(14)15)17-7-8-3-4-16-6-8/h1-6H,7H2,(H,14,15). The van der Waals surface area contributed by atoms with Crippen molar-refractivity contribution in [1.29, 1.82) is 0 Å². The first-order valence-corrected chi connectivity index (χ1v) is 5.91. The number of halogens is 1. The topological polar surface area (TPSA) is 59.7 Å². The van der Waals surface area contributed by atoms with E-state index in [0.29, 0.717) is 5.75 Å². The van der Waals surface area contributed by atoms with Gasteiger partial charge in [0, 0.05) is 9.13 Å². The Hall–Kier alpha value is -1.50. The highest BCUT2D eigenvalue weighted by Gasteiger charge is 2.12. The summed E-state index contributed by atoms with van der Waals surface area (Å²) in [6.45, 7) is 0.289. The lowest BCUT2D eigenvalue weighted by atomic mass is 10.2. The smallest absolute Gasteiger partial charge is 0.339 e. The van der Waals surface area contributed by atoms with Crippen molar-refractivity contribution < 1.29 is 19.1 Å². The van der Waals surface area contributed by atoms with E-state index in [4.69, 9.17) is 14.3 Å². The first-order valence-electron chi connectivity index (χ1n) is 4.83. The van der Waals surface area contributed by atoms with Crippen LogP contribution in [0.1, 0.15) is 15.9 Å². The molecule has 1 aromatic carbocycles. The van der Waals surface area contributed by atoms with Gasteiger partial charge in [-0.25, -0.2) is 4.79 Å². The van der Waals surface area contributed by atoms with Gasteiger partial charge in [0.25, 0.3) is 0 Å². The molecule has 1 aromatic heterocycles. The van der Waals surface area contributed by atoms with Crippen LogP contribution in [0.5, 0.6) is 5.75 Å². The summed E-state index contributed by atoms with van der Waals surface area (Å²) in [5.74, 6) is -0.634. The molecule has 1 N–H and O–H groups in total. The molecule has 0 aliphatic heterocycles. The normalized spacial score (nSPS) is 10.2. The second-order valence-corrected chi connectivity index (χ2v) is 4.61. The van der Waals surface area contributed by atoms with Gasteiger partial charge in [-0.3, -0.25) is 0 Å². The van der Waals surface area contributed by atoms with Crippen LogP contribution in [-0.2, 0) is 6.61 Å². The molecule has 0 atom stereocenters. The van der Waals surface area contributed by atoms with Gasteiger partial charge in [-0.2, -0.15) is 0 Å². The summed E-state index contributed by atoms with van der Waals surface area (Å²) in [4.78, 5) is 11.0. The van der Waals surface area contributed by atoms with Gasteiger partial charge in [0.2, 0.25) is 0 Å². The third-order valence-corrected chi connectivity index (χ3v) is 2.82. The summed E-state index contributed by atoms with van der Waals surface area (Å²) in [6.07, 6.45) is 3.11. The molecule has 4 nitrogen and oxygen atoms in total. The van der Waals surface area contributed by atoms with E-state index < -0.39 is 5.97 Å². The van der Waals surface area contributed by atoms with Gasteiger partial charge in [-0.1, -0.05) is 0 Å². The number of carbonyl (C=O) groups is 1. The van der Waals surface area contributed by atoms with E-state index in [-0.39, 0.29) is 12.2 Å². The Labute approximate surface area is 111 Å². The number of hydrogen-bond donors (Lipinski definition) is 1. The lowest BCUT2D eigenvalue weighted by Gasteiger charge is -2.08. The van der Waals surface area contributed by atoms with Crippen LogP contribution in [0.15, 0.2) is 41.2 Å². The fraction of sp³-hybridized carbons (Fsp3) is 0.0833. The third-order valence-electron chi connectivity index (χ3n) is 2.15. The molecule has 0 fully saturated rings. The van der Waals surface area contributed by atoms with Crippen molar-refractivity contribution in [2.24, 2.45) is 0 Å². The molecule has 0 bridgehead atoms. The van der Waals surface area contributed by atoms with E-state index >= 15 is 0 Å². The van der Waals surface area contributed by atoms with Crippen LogP contribution in [0, 0.1) is 3.57 Å². The highest BCUT2D eigenvalue weighted by molar-refractivity contribution is 14.1. The Balaban J connectivity index is 2.17. The van der Waals surface area contributed by atoms with Gasteiger partial charge in [0.1, 0.15) is 17.9 Å². The van der Waals surface area contributed by atoms with Crippen LogP contribution < -0.4 is 4.74 Å². The number of rotatable bonds is 4. The van der Waals surface area contributed by atoms with Gasteiger partial charge in [-0.15, -0.1) is 0 Å². The van der Waals surface area contributed by atoms with Gasteiger partial charge in [-0.05, 0) is 46.9 Å². The van der Waals surface area contributed by atoms with E-state index in [1.807, 2.05) is 0 Å².